The van der Waals surface area contributed by atoms with Crippen LogP contribution in [0.3, 0.4) is 0 Å². The van der Waals surface area contributed by atoms with Gasteiger partial charge in [-0.3, -0.25) is 9.59 Å². The number of hydrogen-bond acceptors (Lipinski definition) is 3. The SMILES string of the molecule is CCOc1cc(C=O)cc(C(C)=O)c1F. The summed E-state index contributed by atoms with van der Waals surface area (Å²) in [5.41, 5.74) is 0.105. The molecule has 1 aromatic carbocycles. The van der Waals surface area contributed by atoms with Gasteiger partial charge in [-0.2, -0.15) is 0 Å². The highest BCUT2D eigenvalue weighted by atomic mass is 19.1. The maximum Gasteiger partial charge on any atom is 0.175 e. The van der Waals surface area contributed by atoms with Crippen LogP contribution in [0, 0.1) is 5.82 Å². The molecule has 0 aliphatic heterocycles. The van der Waals surface area contributed by atoms with Gasteiger partial charge in [0.25, 0.3) is 0 Å². The highest BCUT2D eigenvalue weighted by Crippen LogP contribution is 2.23. The zero-order valence-electron chi connectivity index (χ0n) is 8.54. The van der Waals surface area contributed by atoms with E-state index in [1.54, 1.807) is 6.92 Å². The molecule has 80 valence electrons. The number of aldehydes is 1. The van der Waals surface area contributed by atoms with Crippen LogP contribution in [0.2, 0.25) is 0 Å². The second-order valence-electron chi connectivity index (χ2n) is 2.99. The first-order valence-corrected chi connectivity index (χ1v) is 4.52. The molecule has 1 aromatic rings. The van der Waals surface area contributed by atoms with E-state index in [-0.39, 0.29) is 23.5 Å². The lowest BCUT2D eigenvalue weighted by atomic mass is 10.1. The van der Waals surface area contributed by atoms with Gasteiger partial charge in [-0.05, 0) is 26.0 Å². The summed E-state index contributed by atoms with van der Waals surface area (Å²) in [6, 6.07) is 2.49. The van der Waals surface area contributed by atoms with E-state index < -0.39 is 11.6 Å². The molecule has 0 aliphatic rings. The largest absolute Gasteiger partial charge is 0.491 e. The molecule has 0 amide bonds. The Bertz CT molecular complexity index is 399. The van der Waals surface area contributed by atoms with E-state index in [0.29, 0.717) is 6.29 Å². The molecule has 4 heteroatoms. The maximum atomic E-state index is 13.6. The summed E-state index contributed by atoms with van der Waals surface area (Å²) in [5.74, 6) is -1.21. The Morgan fingerprint density at radius 1 is 1.53 bits per heavy atom. The fourth-order valence-corrected chi connectivity index (χ4v) is 1.20. The molecule has 0 spiro atoms. The predicted octanol–water partition coefficient (Wildman–Crippen LogP) is 2.24. The average molecular weight is 210 g/mol. The second kappa shape index (κ2) is 4.68. The van der Waals surface area contributed by atoms with Crippen molar-refractivity contribution in [1.82, 2.24) is 0 Å². The van der Waals surface area contributed by atoms with Crippen molar-refractivity contribution in [1.29, 1.82) is 0 Å². The van der Waals surface area contributed by atoms with Gasteiger partial charge in [-0.1, -0.05) is 0 Å². The monoisotopic (exact) mass is 210 g/mol. The molecule has 0 radical (unpaired) electrons. The normalized spacial score (nSPS) is 9.80. The maximum absolute atomic E-state index is 13.6. The van der Waals surface area contributed by atoms with Gasteiger partial charge in [-0.25, -0.2) is 4.39 Å². The third-order valence-corrected chi connectivity index (χ3v) is 1.88. The van der Waals surface area contributed by atoms with Crippen molar-refractivity contribution in [3.8, 4) is 5.75 Å². The molecule has 15 heavy (non-hydrogen) atoms. The van der Waals surface area contributed by atoms with Crippen molar-refractivity contribution in [2.45, 2.75) is 13.8 Å². The van der Waals surface area contributed by atoms with E-state index in [2.05, 4.69) is 0 Å². The van der Waals surface area contributed by atoms with Crippen molar-refractivity contribution in [3.05, 3.63) is 29.1 Å². The van der Waals surface area contributed by atoms with Crippen LogP contribution in [-0.4, -0.2) is 18.7 Å². The summed E-state index contributed by atoms with van der Waals surface area (Å²) in [7, 11) is 0. The molecule has 0 saturated carbocycles. The molecule has 0 heterocycles. The van der Waals surface area contributed by atoms with Crippen LogP contribution >= 0.6 is 0 Å². The summed E-state index contributed by atoms with van der Waals surface area (Å²) >= 11 is 0. The molecule has 1 rings (SSSR count). The number of carbonyl (C=O) groups is 2. The highest BCUT2D eigenvalue weighted by Gasteiger charge is 2.14. The van der Waals surface area contributed by atoms with Crippen LogP contribution in [0.1, 0.15) is 34.6 Å². The Balaban J connectivity index is 3.32. The second-order valence-corrected chi connectivity index (χ2v) is 2.99. The van der Waals surface area contributed by atoms with E-state index in [4.69, 9.17) is 4.74 Å². The topological polar surface area (TPSA) is 43.4 Å². The smallest absolute Gasteiger partial charge is 0.175 e. The van der Waals surface area contributed by atoms with Gasteiger partial charge in [0.05, 0.1) is 12.2 Å². The van der Waals surface area contributed by atoms with E-state index in [0.717, 1.165) is 0 Å². The lowest BCUT2D eigenvalue weighted by Gasteiger charge is -2.08. The Hall–Kier alpha value is -1.71. The molecule has 0 unspecified atom stereocenters. The van der Waals surface area contributed by atoms with E-state index in [1.165, 1.54) is 19.1 Å². The van der Waals surface area contributed by atoms with Crippen molar-refractivity contribution >= 4 is 12.1 Å². The molecular formula is C11H11FO3. The molecule has 0 bridgehead atoms. The molecule has 0 N–H and O–H groups in total. The number of carbonyl (C=O) groups excluding carboxylic acids is 2. The predicted molar refractivity (Wildman–Crippen MR) is 53.0 cm³/mol. The molecular weight excluding hydrogens is 199 g/mol. The van der Waals surface area contributed by atoms with Crippen LogP contribution in [0.25, 0.3) is 0 Å². The van der Waals surface area contributed by atoms with Crippen LogP contribution in [0.15, 0.2) is 12.1 Å². The summed E-state index contributed by atoms with van der Waals surface area (Å²) in [6.07, 6.45) is 0.550. The molecule has 0 fully saturated rings. The van der Waals surface area contributed by atoms with Crippen LogP contribution in [0.5, 0.6) is 5.75 Å². The lowest BCUT2D eigenvalue weighted by molar-refractivity contribution is 0.101. The lowest BCUT2D eigenvalue weighted by Crippen LogP contribution is -2.03. The number of ether oxygens (including phenoxy) is 1. The van der Waals surface area contributed by atoms with Crippen molar-refractivity contribution in [2.75, 3.05) is 6.61 Å². The Kier molecular flexibility index (Phi) is 3.55. The summed E-state index contributed by atoms with van der Waals surface area (Å²) in [4.78, 5) is 21.6. The number of halogens is 1. The number of hydrogen-bond donors (Lipinski definition) is 0. The highest BCUT2D eigenvalue weighted by molar-refractivity contribution is 5.96. The van der Waals surface area contributed by atoms with Gasteiger partial charge in [0.2, 0.25) is 0 Å². The zero-order chi connectivity index (χ0) is 11.4. The standard InChI is InChI=1S/C11H11FO3/c1-3-15-10-5-8(6-13)4-9(7(2)14)11(10)12/h4-6H,3H2,1-2H3. The molecule has 0 atom stereocenters. The van der Waals surface area contributed by atoms with Gasteiger partial charge < -0.3 is 4.74 Å². The average Bonchev–Trinajstić information content (AvgIpc) is 2.21. The van der Waals surface area contributed by atoms with Crippen molar-refractivity contribution in [2.24, 2.45) is 0 Å². The van der Waals surface area contributed by atoms with Crippen molar-refractivity contribution in [3.63, 3.8) is 0 Å². The number of Topliss-reactive ketones (excluding diaryl/α,β-unsaturated/α-hetero) is 1. The van der Waals surface area contributed by atoms with Gasteiger partial charge in [0.15, 0.2) is 17.3 Å². The van der Waals surface area contributed by atoms with E-state index >= 15 is 0 Å². The first-order valence-electron chi connectivity index (χ1n) is 4.52. The van der Waals surface area contributed by atoms with Gasteiger partial charge in [0, 0.05) is 5.56 Å². The third kappa shape index (κ3) is 2.40. The summed E-state index contributed by atoms with van der Waals surface area (Å²) < 4.78 is 18.5. The molecule has 0 aliphatic carbocycles. The number of rotatable bonds is 4. The van der Waals surface area contributed by atoms with Crippen LogP contribution in [-0.2, 0) is 0 Å². The van der Waals surface area contributed by atoms with Gasteiger partial charge in [0.1, 0.15) is 6.29 Å². The van der Waals surface area contributed by atoms with Crippen molar-refractivity contribution < 1.29 is 18.7 Å². The summed E-state index contributed by atoms with van der Waals surface area (Å²) in [6.45, 7) is 3.21. The fraction of sp³-hybridized carbons (Fsp3) is 0.273. The third-order valence-electron chi connectivity index (χ3n) is 1.88. The minimum absolute atomic E-state index is 0.0627. The Labute approximate surface area is 86.9 Å². The zero-order valence-corrected chi connectivity index (χ0v) is 8.54. The van der Waals surface area contributed by atoms with E-state index in [1.807, 2.05) is 0 Å². The summed E-state index contributed by atoms with van der Waals surface area (Å²) in [5, 5.41) is 0. The quantitative estimate of drug-likeness (QED) is 0.565. The number of benzene rings is 1. The minimum Gasteiger partial charge on any atom is -0.491 e. The van der Waals surface area contributed by atoms with Gasteiger partial charge in [-0.15, -0.1) is 0 Å². The van der Waals surface area contributed by atoms with Crippen LogP contribution in [0.4, 0.5) is 4.39 Å². The first kappa shape index (κ1) is 11.4. The number of ketones is 1. The first-order chi connectivity index (χ1) is 7.10. The Morgan fingerprint density at radius 3 is 2.67 bits per heavy atom. The van der Waals surface area contributed by atoms with E-state index in [9.17, 15) is 14.0 Å². The molecule has 0 saturated heterocycles. The fourth-order valence-electron chi connectivity index (χ4n) is 1.20. The minimum atomic E-state index is -0.713. The Morgan fingerprint density at radius 2 is 2.20 bits per heavy atom. The molecule has 0 aromatic heterocycles. The van der Waals surface area contributed by atoms with Crippen LogP contribution < -0.4 is 4.74 Å². The van der Waals surface area contributed by atoms with Gasteiger partial charge >= 0.3 is 0 Å². The molecule has 3 nitrogen and oxygen atoms in total.